The highest BCUT2D eigenvalue weighted by Gasteiger charge is 2.13. The third-order valence-electron chi connectivity index (χ3n) is 2.35. The summed E-state index contributed by atoms with van der Waals surface area (Å²) in [6.45, 7) is 4.43. The van der Waals surface area contributed by atoms with E-state index in [1.165, 1.54) is 11.1 Å². The van der Waals surface area contributed by atoms with Crippen LogP contribution in [0.4, 0.5) is 0 Å². The van der Waals surface area contributed by atoms with Crippen LogP contribution in [0.5, 0.6) is 0 Å². The quantitative estimate of drug-likeness (QED) is 0.591. The average Bonchev–Trinajstić information content (AvgIpc) is 2.06. The van der Waals surface area contributed by atoms with Gasteiger partial charge >= 0.3 is 0 Å². The fourth-order valence-electron chi connectivity index (χ4n) is 1.71. The van der Waals surface area contributed by atoms with Crippen LogP contribution in [0.3, 0.4) is 0 Å². The van der Waals surface area contributed by atoms with Crippen molar-refractivity contribution in [1.82, 2.24) is 5.32 Å². The molecule has 1 atom stereocenters. The van der Waals surface area contributed by atoms with Gasteiger partial charge in [0.15, 0.2) is 0 Å². The SMILES string of the molecule is CC1CNCc2ccccc21. The molecule has 0 spiro atoms. The molecule has 1 aliphatic rings. The van der Waals surface area contributed by atoms with Gasteiger partial charge in [0, 0.05) is 13.1 Å². The lowest BCUT2D eigenvalue weighted by atomic mass is 9.93. The van der Waals surface area contributed by atoms with E-state index in [4.69, 9.17) is 0 Å². The zero-order chi connectivity index (χ0) is 7.68. The van der Waals surface area contributed by atoms with Gasteiger partial charge in [0.2, 0.25) is 0 Å². The Bertz CT molecular complexity index is 255. The molecule has 0 amide bonds. The van der Waals surface area contributed by atoms with Crippen molar-refractivity contribution in [2.45, 2.75) is 19.4 Å². The van der Waals surface area contributed by atoms with Gasteiger partial charge in [0.1, 0.15) is 0 Å². The van der Waals surface area contributed by atoms with E-state index in [0.29, 0.717) is 5.92 Å². The summed E-state index contributed by atoms with van der Waals surface area (Å²) in [5, 5.41) is 3.39. The first-order valence-electron chi connectivity index (χ1n) is 4.16. The maximum absolute atomic E-state index is 3.39. The van der Waals surface area contributed by atoms with Gasteiger partial charge in [-0.25, -0.2) is 0 Å². The predicted molar refractivity (Wildman–Crippen MR) is 46.6 cm³/mol. The lowest BCUT2D eigenvalue weighted by Gasteiger charge is -2.22. The zero-order valence-electron chi connectivity index (χ0n) is 6.80. The molecule has 0 aromatic heterocycles. The standard InChI is InChI=1S/C10H13N/c1-8-6-11-7-9-4-2-3-5-10(8)9/h2-5,8,11H,6-7H2,1H3. The largest absolute Gasteiger partial charge is 0.312 e. The van der Waals surface area contributed by atoms with E-state index in [0.717, 1.165) is 13.1 Å². The lowest BCUT2D eigenvalue weighted by Crippen LogP contribution is -2.26. The number of nitrogens with one attached hydrogen (secondary N) is 1. The molecular weight excluding hydrogens is 134 g/mol. The first kappa shape index (κ1) is 6.86. The minimum Gasteiger partial charge on any atom is -0.312 e. The van der Waals surface area contributed by atoms with Gasteiger partial charge in [-0.3, -0.25) is 0 Å². The van der Waals surface area contributed by atoms with Crippen molar-refractivity contribution in [1.29, 1.82) is 0 Å². The fourth-order valence-corrected chi connectivity index (χ4v) is 1.71. The molecule has 58 valence electrons. The molecule has 0 fully saturated rings. The van der Waals surface area contributed by atoms with Gasteiger partial charge in [0.05, 0.1) is 0 Å². The summed E-state index contributed by atoms with van der Waals surface area (Å²) < 4.78 is 0. The van der Waals surface area contributed by atoms with Crippen LogP contribution in [-0.4, -0.2) is 6.54 Å². The summed E-state index contributed by atoms with van der Waals surface area (Å²) in [5.41, 5.74) is 2.98. The Hall–Kier alpha value is -0.820. The smallest absolute Gasteiger partial charge is 0.0208 e. The Kier molecular flexibility index (Phi) is 1.66. The summed E-state index contributed by atoms with van der Waals surface area (Å²) in [6, 6.07) is 8.68. The van der Waals surface area contributed by atoms with Gasteiger partial charge in [0.25, 0.3) is 0 Å². The maximum atomic E-state index is 3.39. The van der Waals surface area contributed by atoms with E-state index in [-0.39, 0.29) is 0 Å². The second-order valence-electron chi connectivity index (χ2n) is 3.23. The molecule has 2 rings (SSSR count). The summed E-state index contributed by atoms with van der Waals surface area (Å²) >= 11 is 0. The molecule has 1 heteroatoms. The first-order chi connectivity index (χ1) is 5.38. The Labute approximate surface area is 67.4 Å². The summed E-state index contributed by atoms with van der Waals surface area (Å²) in [7, 11) is 0. The average molecular weight is 147 g/mol. The van der Waals surface area contributed by atoms with Gasteiger partial charge in [-0.15, -0.1) is 0 Å². The lowest BCUT2D eigenvalue weighted by molar-refractivity contribution is 0.571. The van der Waals surface area contributed by atoms with Crippen LogP contribution in [0.1, 0.15) is 24.0 Å². The maximum Gasteiger partial charge on any atom is 0.0208 e. The molecule has 1 aliphatic heterocycles. The number of rotatable bonds is 0. The highest BCUT2D eigenvalue weighted by atomic mass is 14.9. The zero-order valence-corrected chi connectivity index (χ0v) is 6.80. The Morgan fingerprint density at radius 1 is 1.36 bits per heavy atom. The molecule has 1 aromatic rings. The molecule has 0 saturated carbocycles. The van der Waals surface area contributed by atoms with E-state index in [1.807, 2.05) is 0 Å². The topological polar surface area (TPSA) is 12.0 Å². The van der Waals surface area contributed by atoms with Crippen molar-refractivity contribution in [3.05, 3.63) is 35.4 Å². The second-order valence-corrected chi connectivity index (χ2v) is 3.23. The van der Waals surface area contributed by atoms with E-state index in [9.17, 15) is 0 Å². The Morgan fingerprint density at radius 2 is 2.18 bits per heavy atom. The van der Waals surface area contributed by atoms with Crippen LogP contribution < -0.4 is 5.32 Å². The van der Waals surface area contributed by atoms with Crippen LogP contribution in [0, 0.1) is 0 Å². The van der Waals surface area contributed by atoms with E-state index in [1.54, 1.807) is 0 Å². The Balaban J connectivity index is 2.44. The fraction of sp³-hybridized carbons (Fsp3) is 0.400. The van der Waals surface area contributed by atoms with Crippen LogP contribution in [-0.2, 0) is 6.54 Å². The summed E-state index contributed by atoms with van der Waals surface area (Å²) in [5.74, 6) is 0.681. The molecule has 0 bridgehead atoms. The van der Waals surface area contributed by atoms with E-state index >= 15 is 0 Å². The number of hydrogen-bond acceptors (Lipinski definition) is 1. The normalized spacial score (nSPS) is 22.8. The van der Waals surface area contributed by atoms with E-state index < -0.39 is 0 Å². The van der Waals surface area contributed by atoms with Crippen LogP contribution in [0.25, 0.3) is 0 Å². The van der Waals surface area contributed by atoms with Crippen molar-refractivity contribution in [3.63, 3.8) is 0 Å². The molecule has 1 heterocycles. The second kappa shape index (κ2) is 2.67. The monoisotopic (exact) mass is 147 g/mol. The molecule has 0 radical (unpaired) electrons. The number of benzene rings is 1. The number of hydrogen-bond donors (Lipinski definition) is 1. The predicted octanol–water partition coefficient (Wildman–Crippen LogP) is 1.89. The highest BCUT2D eigenvalue weighted by molar-refractivity contribution is 5.31. The van der Waals surface area contributed by atoms with Gasteiger partial charge in [-0.05, 0) is 17.0 Å². The molecule has 1 unspecified atom stereocenters. The van der Waals surface area contributed by atoms with Crippen molar-refractivity contribution in [2.75, 3.05) is 6.54 Å². The third kappa shape index (κ3) is 1.16. The van der Waals surface area contributed by atoms with E-state index in [2.05, 4.69) is 36.5 Å². The van der Waals surface area contributed by atoms with Crippen LogP contribution >= 0.6 is 0 Å². The summed E-state index contributed by atoms with van der Waals surface area (Å²) in [4.78, 5) is 0. The molecule has 0 saturated heterocycles. The summed E-state index contributed by atoms with van der Waals surface area (Å²) in [6.07, 6.45) is 0. The molecule has 1 aromatic carbocycles. The van der Waals surface area contributed by atoms with Crippen molar-refractivity contribution in [2.24, 2.45) is 0 Å². The Morgan fingerprint density at radius 3 is 3.00 bits per heavy atom. The van der Waals surface area contributed by atoms with Gasteiger partial charge < -0.3 is 5.32 Å². The minimum atomic E-state index is 0.681. The van der Waals surface area contributed by atoms with Crippen LogP contribution in [0.15, 0.2) is 24.3 Å². The van der Waals surface area contributed by atoms with Crippen molar-refractivity contribution in [3.8, 4) is 0 Å². The molecule has 11 heavy (non-hydrogen) atoms. The molecule has 0 aliphatic carbocycles. The highest BCUT2D eigenvalue weighted by Crippen LogP contribution is 2.22. The minimum absolute atomic E-state index is 0.681. The molecule has 1 nitrogen and oxygen atoms in total. The first-order valence-corrected chi connectivity index (χ1v) is 4.16. The van der Waals surface area contributed by atoms with Gasteiger partial charge in [-0.1, -0.05) is 31.2 Å². The van der Waals surface area contributed by atoms with Gasteiger partial charge in [-0.2, -0.15) is 0 Å². The van der Waals surface area contributed by atoms with Crippen LogP contribution in [0.2, 0.25) is 0 Å². The molecular formula is C10H13N. The number of fused-ring (bicyclic) bond motifs is 1. The van der Waals surface area contributed by atoms with Crippen molar-refractivity contribution >= 4 is 0 Å². The molecule has 1 N–H and O–H groups in total. The van der Waals surface area contributed by atoms with Crippen molar-refractivity contribution < 1.29 is 0 Å². The third-order valence-corrected chi connectivity index (χ3v) is 2.35.